The van der Waals surface area contributed by atoms with E-state index in [9.17, 15) is 0 Å². The second kappa shape index (κ2) is 6.23. The zero-order valence-corrected chi connectivity index (χ0v) is 12.4. The van der Waals surface area contributed by atoms with Gasteiger partial charge in [0.05, 0.1) is 16.1 Å². The highest BCUT2D eigenvalue weighted by Crippen LogP contribution is 2.31. The standard InChI is InChI=1S/C16H15Cl2N/c1-11-6-3-4-7-13(11)10-19-12(2)14-8-5-9-15(17)16(14)18/h3-10,12H,1-2H3. The van der Waals surface area contributed by atoms with Gasteiger partial charge in [0.2, 0.25) is 0 Å². The first-order chi connectivity index (χ1) is 9.09. The second-order valence-electron chi connectivity index (χ2n) is 4.45. The predicted molar refractivity (Wildman–Crippen MR) is 83.7 cm³/mol. The van der Waals surface area contributed by atoms with E-state index in [4.69, 9.17) is 23.2 Å². The molecule has 2 aromatic carbocycles. The number of aryl methyl sites for hydroxylation is 1. The van der Waals surface area contributed by atoms with Crippen LogP contribution in [0.5, 0.6) is 0 Å². The summed E-state index contributed by atoms with van der Waals surface area (Å²) in [4.78, 5) is 4.56. The summed E-state index contributed by atoms with van der Waals surface area (Å²) >= 11 is 12.2. The lowest BCUT2D eigenvalue weighted by Crippen LogP contribution is -1.94. The summed E-state index contributed by atoms with van der Waals surface area (Å²) in [6, 6.07) is 13.7. The van der Waals surface area contributed by atoms with Crippen LogP contribution in [0.4, 0.5) is 0 Å². The van der Waals surface area contributed by atoms with Gasteiger partial charge in [-0.25, -0.2) is 0 Å². The molecule has 0 aromatic heterocycles. The van der Waals surface area contributed by atoms with E-state index in [2.05, 4.69) is 18.0 Å². The highest BCUT2D eigenvalue weighted by molar-refractivity contribution is 6.42. The molecule has 0 saturated carbocycles. The summed E-state index contributed by atoms with van der Waals surface area (Å²) in [5.74, 6) is 0. The highest BCUT2D eigenvalue weighted by Gasteiger charge is 2.10. The fourth-order valence-electron chi connectivity index (χ4n) is 1.85. The van der Waals surface area contributed by atoms with Crippen LogP contribution in [0.2, 0.25) is 10.0 Å². The van der Waals surface area contributed by atoms with Crippen molar-refractivity contribution in [1.29, 1.82) is 0 Å². The average molecular weight is 292 g/mol. The van der Waals surface area contributed by atoms with Crippen LogP contribution >= 0.6 is 23.2 Å². The first kappa shape index (κ1) is 14.1. The van der Waals surface area contributed by atoms with E-state index in [1.165, 1.54) is 5.56 Å². The van der Waals surface area contributed by atoms with Gasteiger partial charge in [-0.15, -0.1) is 0 Å². The average Bonchev–Trinajstić information content (AvgIpc) is 2.40. The number of benzene rings is 2. The molecule has 3 heteroatoms. The van der Waals surface area contributed by atoms with Crippen molar-refractivity contribution in [3.05, 3.63) is 69.2 Å². The maximum atomic E-state index is 6.20. The van der Waals surface area contributed by atoms with E-state index >= 15 is 0 Å². The van der Waals surface area contributed by atoms with Crippen molar-refractivity contribution in [2.24, 2.45) is 4.99 Å². The number of nitrogens with zero attached hydrogens (tertiary/aromatic N) is 1. The Labute approximate surface area is 123 Å². The molecule has 0 aliphatic carbocycles. The summed E-state index contributed by atoms with van der Waals surface area (Å²) < 4.78 is 0. The minimum Gasteiger partial charge on any atom is -0.285 e. The van der Waals surface area contributed by atoms with Crippen LogP contribution in [-0.2, 0) is 0 Å². The van der Waals surface area contributed by atoms with E-state index in [-0.39, 0.29) is 6.04 Å². The van der Waals surface area contributed by atoms with Gasteiger partial charge >= 0.3 is 0 Å². The number of rotatable bonds is 3. The first-order valence-electron chi connectivity index (χ1n) is 6.12. The van der Waals surface area contributed by atoms with Crippen LogP contribution in [0.1, 0.15) is 29.7 Å². The first-order valence-corrected chi connectivity index (χ1v) is 6.88. The Balaban J connectivity index is 2.24. The molecular formula is C16H15Cl2N. The van der Waals surface area contributed by atoms with Crippen LogP contribution in [0, 0.1) is 6.92 Å². The molecule has 1 atom stereocenters. The second-order valence-corrected chi connectivity index (χ2v) is 5.24. The molecular weight excluding hydrogens is 277 g/mol. The van der Waals surface area contributed by atoms with Crippen molar-refractivity contribution in [3.8, 4) is 0 Å². The van der Waals surface area contributed by atoms with E-state index in [0.29, 0.717) is 10.0 Å². The summed E-state index contributed by atoms with van der Waals surface area (Å²) in [6.07, 6.45) is 1.89. The zero-order chi connectivity index (χ0) is 13.8. The molecule has 0 aliphatic rings. The normalized spacial score (nSPS) is 12.8. The SMILES string of the molecule is Cc1ccccc1C=NC(C)c1cccc(Cl)c1Cl. The summed E-state index contributed by atoms with van der Waals surface area (Å²) in [5.41, 5.74) is 3.27. The van der Waals surface area contributed by atoms with Gasteiger partial charge in [0.25, 0.3) is 0 Å². The molecule has 0 aliphatic heterocycles. The van der Waals surface area contributed by atoms with Crippen LogP contribution in [0.25, 0.3) is 0 Å². The van der Waals surface area contributed by atoms with Gasteiger partial charge in [0.15, 0.2) is 0 Å². The van der Waals surface area contributed by atoms with Crippen molar-refractivity contribution < 1.29 is 0 Å². The largest absolute Gasteiger partial charge is 0.285 e. The third kappa shape index (κ3) is 3.37. The Bertz CT molecular complexity index is 605. The Morgan fingerprint density at radius 3 is 2.53 bits per heavy atom. The molecule has 98 valence electrons. The lowest BCUT2D eigenvalue weighted by atomic mass is 10.1. The number of hydrogen-bond acceptors (Lipinski definition) is 1. The third-order valence-electron chi connectivity index (χ3n) is 3.06. The number of aliphatic imine (C=N–C) groups is 1. The van der Waals surface area contributed by atoms with Gasteiger partial charge in [-0.3, -0.25) is 4.99 Å². The molecule has 2 rings (SSSR count). The molecule has 1 unspecified atom stereocenters. The van der Waals surface area contributed by atoms with Crippen molar-refractivity contribution in [1.82, 2.24) is 0 Å². The monoisotopic (exact) mass is 291 g/mol. The van der Waals surface area contributed by atoms with E-state index in [1.807, 2.05) is 43.5 Å². The van der Waals surface area contributed by atoms with Gasteiger partial charge < -0.3 is 0 Å². The highest BCUT2D eigenvalue weighted by atomic mass is 35.5. The predicted octanol–water partition coefficient (Wildman–Crippen LogP) is 5.48. The minimum absolute atomic E-state index is 0.0224. The molecule has 0 N–H and O–H groups in total. The fraction of sp³-hybridized carbons (Fsp3) is 0.188. The Kier molecular flexibility index (Phi) is 4.62. The molecule has 0 amide bonds. The molecule has 0 heterocycles. The van der Waals surface area contributed by atoms with Gasteiger partial charge in [0, 0.05) is 6.21 Å². The molecule has 1 nitrogen and oxygen atoms in total. The lowest BCUT2D eigenvalue weighted by Gasteiger charge is -2.10. The quantitative estimate of drug-likeness (QED) is 0.664. The molecule has 2 aromatic rings. The number of hydrogen-bond donors (Lipinski definition) is 0. The molecule has 0 saturated heterocycles. The number of halogens is 2. The van der Waals surface area contributed by atoms with Crippen LogP contribution in [0.15, 0.2) is 47.5 Å². The van der Waals surface area contributed by atoms with E-state index in [1.54, 1.807) is 6.07 Å². The van der Waals surface area contributed by atoms with Gasteiger partial charge in [0.1, 0.15) is 0 Å². The van der Waals surface area contributed by atoms with Gasteiger partial charge in [-0.1, -0.05) is 59.6 Å². The molecule has 0 fully saturated rings. The molecule has 0 bridgehead atoms. The Hall–Kier alpha value is -1.31. The van der Waals surface area contributed by atoms with Crippen LogP contribution in [0.3, 0.4) is 0 Å². The molecule has 19 heavy (non-hydrogen) atoms. The molecule has 0 spiro atoms. The maximum absolute atomic E-state index is 6.20. The Morgan fingerprint density at radius 2 is 1.79 bits per heavy atom. The van der Waals surface area contributed by atoms with Crippen molar-refractivity contribution in [3.63, 3.8) is 0 Å². The van der Waals surface area contributed by atoms with E-state index < -0.39 is 0 Å². The lowest BCUT2D eigenvalue weighted by molar-refractivity contribution is 0.825. The summed E-state index contributed by atoms with van der Waals surface area (Å²) in [5, 5.41) is 1.15. The smallest absolute Gasteiger partial charge is 0.0736 e. The van der Waals surface area contributed by atoms with E-state index in [0.717, 1.165) is 11.1 Å². The summed E-state index contributed by atoms with van der Waals surface area (Å²) in [6.45, 7) is 4.07. The Morgan fingerprint density at radius 1 is 1.05 bits per heavy atom. The zero-order valence-electron chi connectivity index (χ0n) is 10.9. The molecule has 0 radical (unpaired) electrons. The topological polar surface area (TPSA) is 12.4 Å². The summed E-state index contributed by atoms with van der Waals surface area (Å²) in [7, 11) is 0. The van der Waals surface area contributed by atoms with Crippen molar-refractivity contribution >= 4 is 29.4 Å². The van der Waals surface area contributed by atoms with Crippen LogP contribution in [-0.4, -0.2) is 6.21 Å². The van der Waals surface area contributed by atoms with Crippen LogP contribution < -0.4 is 0 Å². The fourth-order valence-corrected chi connectivity index (χ4v) is 2.31. The van der Waals surface area contributed by atoms with Gasteiger partial charge in [-0.05, 0) is 36.6 Å². The third-order valence-corrected chi connectivity index (χ3v) is 3.89. The van der Waals surface area contributed by atoms with Gasteiger partial charge in [-0.2, -0.15) is 0 Å². The minimum atomic E-state index is -0.0224. The van der Waals surface area contributed by atoms with Crippen molar-refractivity contribution in [2.45, 2.75) is 19.9 Å². The maximum Gasteiger partial charge on any atom is 0.0736 e. The van der Waals surface area contributed by atoms with Crippen molar-refractivity contribution in [2.75, 3.05) is 0 Å².